The van der Waals surface area contributed by atoms with Gasteiger partial charge in [0.1, 0.15) is 18.2 Å². The van der Waals surface area contributed by atoms with E-state index in [2.05, 4.69) is 25.3 Å². The highest BCUT2D eigenvalue weighted by atomic mass is 32.2. The van der Waals surface area contributed by atoms with Crippen molar-refractivity contribution in [1.82, 2.24) is 9.97 Å². The lowest BCUT2D eigenvalue weighted by atomic mass is 10.5. The van der Waals surface area contributed by atoms with Gasteiger partial charge in [-0.15, -0.1) is 0 Å². The van der Waals surface area contributed by atoms with Gasteiger partial charge in [-0.25, -0.2) is 9.97 Å². The predicted octanol–water partition coefficient (Wildman–Crippen LogP) is 1.22. The fraction of sp³-hybridized carbons (Fsp3) is 0.500. The molecular formula is C10H16N4O2S. The highest BCUT2D eigenvalue weighted by Crippen LogP contribution is 2.16. The summed E-state index contributed by atoms with van der Waals surface area (Å²) in [6.45, 7) is 2.86. The molecule has 17 heavy (non-hydrogen) atoms. The smallest absolute Gasteiger partial charge is 0.325 e. The normalized spacial score (nSPS) is 9.82. The van der Waals surface area contributed by atoms with Crippen LogP contribution in [0.1, 0.15) is 6.92 Å². The second kappa shape index (κ2) is 6.95. The first kappa shape index (κ1) is 13.6. The summed E-state index contributed by atoms with van der Waals surface area (Å²) in [5, 5.41) is 6.64. The van der Waals surface area contributed by atoms with E-state index in [9.17, 15) is 4.79 Å². The lowest BCUT2D eigenvalue weighted by molar-refractivity contribution is -0.138. The van der Waals surface area contributed by atoms with Crippen LogP contribution in [0.5, 0.6) is 0 Å². The molecule has 0 amide bonds. The second-order valence-corrected chi connectivity index (χ2v) is 3.86. The number of nitrogens with one attached hydrogen (secondary N) is 2. The van der Waals surface area contributed by atoms with Crippen LogP contribution >= 0.6 is 11.8 Å². The van der Waals surface area contributed by atoms with Crippen molar-refractivity contribution in [3.8, 4) is 0 Å². The van der Waals surface area contributed by atoms with E-state index in [1.54, 1.807) is 6.07 Å². The third-order valence-electron chi connectivity index (χ3n) is 1.89. The molecule has 0 atom stereocenters. The van der Waals surface area contributed by atoms with Crippen molar-refractivity contribution in [3.05, 3.63) is 6.07 Å². The minimum Gasteiger partial charge on any atom is -0.468 e. The van der Waals surface area contributed by atoms with Crippen molar-refractivity contribution >= 4 is 29.4 Å². The molecule has 0 bridgehead atoms. The van der Waals surface area contributed by atoms with Gasteiger partial charge in [0.05, 0.1) is 7.11 Å². The lowest BCUT2D eigenvalue weighted by Gasteiger charge is -2.08. The first-order valence-corrected chi connectivity index (χ1v) is 6.39. The van der Waals surface area contributed by atoms with E-state index in [1.165, 1.54) is 18.9 Å². The minimum absolute atomic E-state index is 0.0902. The maximum atomic E-state index is 11.0. The van der Waals surface area contributed by atoms with Crippen molar-refractivity contribution in [3.63, 3.8) is 0 Å². The van der Waals surface area contributed by atoms with Gasteiger partial charge < -0.3 is 15.4 Å². The number of anilines is 2. The molecule has 1 aromatic rings. The predicted molar refractivity (Wildman–Crippen MR) is 68.5 cm³/mol. The molecule has 1 rings (SSSR count). The number of nitrogens with zero attached hydrogens (tertiary/aromatic N) is 2. The minimum atomic E-state index is -0.334. The fourth-order valence-electron chi connectivity index (χ4n) is 1.11. The summed E-state index contributed by atoms with van der Waals surface area (Å²) < 4.78 is 4.54. The number of esters is 1. The van der Waals surface area contributed by atoms with Crippen LogP contribution in [0.4, 0.5) is 11.6 Å². The maximum absolute atomic E-state index is 11.0. The molecule has 0 saturated carbocycles. The van der Waals surface area contributed by atoms with Gasteiger partial charge in [-0.1, -0.05) is 11.8 Å². The summed E-state index contributed by atoms with van der Waals surface area (Å²) in [5.74, 6) is 1.00. The van der Waals surface area contributed by atoms with Crippen LogP contribution in [-0.2, 0) is 9.53 Å². The van der Waals surface area contributed by atoms with E-state index in [4.69, 9.17) is 0 Å². The monoisotopic (exact) mass is 256 g/mol. The molecule has 0 spiro atoms. The van der Waals surface area contributed by atoms with E-state index in [0.29, 0.717) is 11.0 Å². The molecule has 0 radical (unpaired) electrons. The van der Waals surface area contributed by atoms with E-state index >= 15 is 0 Å². The summed E-state index contributed by atoms with van der Waals surface area (Å²) in [7, 11) is 1.35. The number of aromatic nitrogens is 2. The molecule has 2 N–H and O–H groups in total. The number of hydrogen-bond donors (Lipinski definition) is 2. The van der Waals surface area contributed by atoms with E-state index in [-0.39, 0.29) is 12.5 Å². The molecule has 1 aromatic heterocycles. The summed E-state index contributed by atoms with van der Waals surface area (Å²) in [6.07, 6.45) is 1.90. The fourth-order valence-corrected chi connectivity index (χ4v) is 1.49. The standard InChI is InChI=1S/C10H16N4O2S/c1-4-11-7-5-8(12-6-9(15)16-2)14-10(13-7)17-3/h5H,4,6H2,1-3H3,(H2,11,12,13,14). The Morgan fingerprint density at radius 3 is 2.59 bits per heavy atom. The summed E-state index contributed by atoms with van der Waals surface area (Å²) >= 11 is 1.44. The van der Waals surface area contributed by atoms with E-state index < -0.39 is 0 Å². The number of methoxy groups -OCH3 is 1. The topological polar surface area (TPSA) is 76.1 Å². The van der Waals surface area contributed by atoms with Gasteiger partial charge in [-0.2, -0.15) is 0 Å². The Bertz CT molecular complexity index is 387. The van der Waals surface area contributed by atoms with Gasteiger partial charge in [0.25, 0.3) is 0 Å². The maximum Gasteiger partial charge on any atom is 0.325 e. The number of hydrogen-bond acceptors (Lipinski definition) is 7. The third kappa shape index (κ3) is 4.48. The molecule has 1 heterocycles. The zero-order chi connectivity index (χ0) is 12.7. The molecule has 0 fully saturated rings. The molecule has 0 saturated heterocycles. The Morgan fingerprint density at radius 2 is 2.06 bits per heavy atom. The zero-order valence-electron chi connectivity index (χ0n) is 10.1. The Hall–Kier alpha value is -1.50. The van der Waals surface area contributed by atoms with Crippen LogP contribution in [0, 0.1) is 0 Å². The molecule has 0 aromatic carbocycles. The Balaban J connectivity index is 2.75. The lowest BCUT2D eigenvalue weighted by Crippen LogP contribution is -2.16. The first-order valence-electron chi connectivity index (χ1n) is 5.17. The quantitative estimate of drug-likeness (QED) is 0.450. The average molecular weight is 256 g/mol. The highest BCUT2D eigenvalue weighted by molar-refractivity contribution is 7.98. The number of carbonyl (C=O) groups is 1. The Labute approximate surface area is 105 Å². The van der Waals surface area contributed by atoms with Crippen LogP contribution < -0.4 is 10.6 Å². The SMILES string of the molecule is CCNc1cc(NCC(=O)OC)nc(SC)n1. The largest absolute Gasteiger partial charge is 0.468 e. The number of thioether (sulfide) groups is 1. The van der Waals surface area contributed by atoms with Crippen LogP contribution in [0.3, 0.4) is 0 Å². The highest BCUT2D eigenvalue weighted by Gasteiger charge is 2.05. The van der Waals surface area contributed by atoms with E-state index in [1.807, 2.05) is 13.2 Å². The Morgan fingerprint density at radius 1 is 1.41 bits per heavy atom. The Kier molecular flexibility index (Phi) is 5.55. The molecule has 0 aliphatic rings. The molecular weight excluding hydrogens is 240 g/mol. The molecule has 7 heteroatoms. The zero-order valence-corrected chi connectivity index (χ0v) is 10.9. The second-order valence-electron chi connectivity index (χ2n) is 3.09. The van der Waals surface area contributed by atoms with Gasteiger partial charge in [0.2, 0.25) is 0 Å². The van der Waals surface area contributed by atoms with Gasteiger partial charge >= 0.3 is 5.97 Å². The van der Waals surface area contributed by atoms with Crippen molar-refractivity contribution in [2.45, 2.75) is 12.1 Å². The summed E-state index contributed by atoms with van der Waals surface area (Å²) in [5.41, 5.74) is 0. The molecule has 0 aliphatic heterocycles. The third-order valence-corrected chi connectivity index (χ3v) is 2.44. The number of carbonyl (C=O) groups excluding carboxylic acids is 1. The van der Waals surface area contributed by atoms with Crippen LogP contribution in [-0.4, -0.2) is 42.4 Å². The molecule has 0 aliphatic carbocycles. The molecule has 94 valence electrons. The van der Waals surface area contributed by atoms with Crippen molar-refractivity contribution in [2.24, 2.45) is 0 Å². The van der Waals surface area contributed by atoms with Gasteiger partial charge in [-0.3, -0.25) is 4.79 Å². The van der Waals surface area contributed by atoms with Gasteiger partial charge in [0, 0.05) is 12.6 Å². The average Bonchev–Trinajstić information content (AvgIpc) is 2.36. The van der Waals surface area contributed by atoms with Crippen molar-refractivity contribution < 1.29 is 9.53 Å². The van der Waals surface area contributed by atoms with Crippen molar-refractivity contribution in [2.75, 3.05) is 37.1 Å². The molecule has 0 unspecified atom stereocenters. The summed E-state index contributed by atoms with van der Waals surface area (Å²) in [4.78, 5) is 19.5. The van der Waals surface area contributed by atoms with Crippen molar-refractivity contribution in [1.29, 1.82) is 0 Å². The van der Waals surface area contributed by atoms with Crippen LogP contribution in [0.15, 0.2) is 11.2 Å². The first-order chi connectivity index (χ1) is 8.19. The number of ether oxygens (including phenoxy) is 1. The van der Waals surface area contributed by atoms with E-state index in [0.717, 1.165) is 12.4 Å². The number of rotatable bonds is 6. The van der Waals surface area contributed by atoms with Crippen LogP contribution in [0.25, 0.3) is 0 Å². The molecule has 6 nitrogen and oxygen atoms in total. The summed E-state index contributed by atoms with van der Waals surface area (Å²) in [6, 6.07) is 1.76. The van der Waals surface area contributed by atoms with Crippen LogP contribution in [0.2, 0.25) is 0 Å². The van der Waals surface area contributed by atoms with Gasteiger partial charge in [0.15, 0.2) is 5.16 Å². The van der Waals surface area contributed by atoms with Gasteiger partial charge in [-0.05, 0) is 13.2 Å².